The SMILES string of the molecule is COCCC(C)(O)C1(CN)CCCc2ccccc21. The third-order valence-corrected chi connectivity index (χ3v) is 4.76. The zero-order valence-corrected chi connectivity index (χ0v) is 12.0. The van der Waals surface area contributed by atoms with Gasteiger partial charge in [0.1, 0.15) is 0 Å². The number of aliphatic hydroxyl groups is 1. The van der Waals surface area contributed by atoms with Crippen LogP contribution in [0.3, 0.4) is 0 Å². The Bertz CT molecular complexity index is 431. The second-order valence-electron chi connectivity index (χ2n) is 5.81. The van der Waals surface area contributed by atoms with E-state index in [0.717, 1.165) is 19.3 Å². The van der Waals surface area contributed by atoms with Crippen molar-refractivity contribution in [1.82, 2.24) is 0 Å². The van der Waals surface area contributed by atoms with Gasteiger partial charge in [-0.25, -0.2) is 0 Å². The highest BCUT2D eigenvalue weighted by atomic mass is 16.5. The van der Waals surface area contributed by atoms with Crippen LogP contribution in [0, 0.1) is 0 Å². The maximum absolute atomic E-state index is 11.0. The van der Waals surface area contributed by atoms with Crippen molar-refractivity contribution >= 4 is 0 Å². The Morgan fingerprint density at radius 3 is 2.84 bits per heavy atom. The van der Waals surface area contributed by atoms with Gasteiger partial charge in [0.05, 0.1) is 5.60 Å². The summed E-state index contributed by atoms with van der Waals surface area (Å²) in [4.78, 5) is 0. The normalized spacial score (nSPS) is 25.7. The van der Waals surface area contributed by atoms with Gasteiger partial charge in [-0.2, -0.15) is 0 Å². The fourth-order valence-corrected chi connectivity index (χ4v) is 3.45. The van der Waals surface area contributed by atoms with Gasteiger partial charge in [0.2, 0.25) is 0 Å². The van der Waals surface area contributed by atoms with Crippen LogP contribution in [-0.4, -0.2) is 31.0 Å². The molecule has 0 aliphatic heterocycles. The van der Waals surface area contributed by atoms with Gasteiger partial charge in [-0.3, -0.25) is 0 Å². The maximum atomic E-state index is 11.0. The van der Waals surface area contributed by atoms with E-state index < -0.39 is 5.60 Å². The predicted molar refractivity (Wildman–Crippen MR) is 77.2 cm³/mol. The summed E-state index contributed by atoms with van der Waals surface area (Å²) in [6.07, 6.45) is 3.71. The summed E-state index contributed by atoms with van der Waals surface area (Å²) in [5.74, 6) is 0. The molecule has 3 N–H and O–H groups in total. The van der Waals surface area contributed by atoms with E-state index in [1.165, 1.54) is 11.1 Å². The fraction of sp³-hybridized carbons (Fsp3) is 0.625. The van der Waals surface area contributed by atoms with Crippen LogP contribution in [0.4, 0.5) is 0 Å². The minimum Gasteiger partial charge on any atom is -0.389 e. The number of hydrogen-bond donors (Lipinski definition) is 2. The van der Waals surface area contributed by atoms with Crippen LogP contribution in [0.2, 0.25) is 0 Å². The highest BCUT2D eigenvalue weighted by molar-refractivity contribution is 5.40. The Hall–Kier alpha value is -0.900. The molecule has 2 atom stereocenters. The first-order valence-electron chi connectivity index (χ1n) is 7.07. The lowest BCUT2D eigenvalue weighted by molar-refractivity contribution is -0.0498. The van der Waals surface area contributed by atoms with Crippen molar-refractivity contribution < 1.29 is 9.84 Å². The molecule has 3 heteroatoms. The van der Waals surface area contributed by atoms with E-state index in [2.05, 4.69) is 18.2 Å². The van der Waals surface area contributed by atoms with Crippen LogP contribution in [0.25, 0.3) is 0 Å². The molecule has 19 heavy (non-hydrogen) atoms. The number of methoxy groups -OCH3 is 1. The minimum atomic E-state index is -0.839. The zero-order valence-electron chi connectivity index (χ0n) is 12.0. The topological polar surface area (TPSA) is 55.5 Å². The average Bonchev–Trinajstić information content (AvgIpc) is 2.44. The lowest BCUT2D eigenvalue weighted by atomic mass is 9.60. The maximum Gasteiger partial charge on any atom is 0.0750 e. The zero-order chi connectivity index (χ0) is 13.9. The molecule has 1 aromatic carbocycles. The third-order valence-electron chi connectivity index (χ3n) is 4.76. The molecule has 0 bridgehead atoms. The first-order valence-corrected chi connectivity index (χ1v) is 7.07. The van der Waals surface area contributed by atoms with Crippen LogP contribution in [0.15, 0.2) is 24.3 Å². The number of nitrogens with two attached hydrogens (primary N) is 1. The molecule has 0 saturated heterocycles. The smallest absolute Gasteiger partial charge is 0.0750 e. The second kappa shape index (κ2) is 5.61. The van der Waals surface area contributed by atoms with E-state index in [1.807, 2.05) is 13.0 Å². The van der Waals surface area contributed by atoms with E-state index in [9.17, 15) is 5.11 Å². The predicted octanol–water partition coefficient (Wildman–Crippen LogP) is 2.01. The van der Waals surface area contributed by atoms with Crippen molar-refractivity contribution in [2.75, 3.05) is 20.3 Å². The molecule has 0 saturated carbocycles. The molecule has 1 aliphatic rings. The molecule has 0 radical (unpaired) electrons. The van der Waals surface area contributed by atoms with Crippen molar-refractivity contribution in [3.8, 4) is 0 Å². The Kier molecular flexibility index (Phi) is 4.29. The number of rotatable bonds is 5. The number of hydrogen-bond acceptors (Lipinski definition) is 3. The van der Waals surface area contributed by atoms with Gasteiger partial charge in [0.15, 0.2) is 0 Å². The highest BCUT2D eigenvalue weighted by Crippen LogP contribution is 2.45. The molecule has 2 rings (SSSR count). The third kappa shape index (κ3) is 2.42. The largest absolute Gasteiger partial charge is 0.389 e. The summed E-state index contributed by atoms with van der Waals surface area (Å²) >= 11 is 0. The summed E-state index contributed by atoms with van der Waals surface area (Å²) in [6.45, 7) is 2.93. The van der Waals surface area contributed by atoms with Crippen LogP contribution in [0.1, 0.15) is 37.3 Å². The molecule has 0 aromatic heterocycles. The summed E-state index contributed by atoms with van der Waals surface area (Å²) < 4.78 is 5.15. The molecule has 0 amide bonds. The Morgan fingerprint density at radius 1 is 1.42 bits per heavy atom. The van der Waals surface area contributed by atoms with E-state index in [1.54, 1.807) is 7.11 Å². The number of aryl methyl sites for hydroxylation is 1. The molecular weight excluding hydrogens is 238 g/mol. The van der Waals surface area contributed by atoms with Gasteiger partial charge in [-0.1, -0.05) is 24.3 Å². The summed E-state index contributed by atoms with van der Waals surface area (Å²) in [5, 5.41) is 11.0. The van der Waals surface area contributed by atoms with Crippen molar-refractivity contribution in [3.63, 3.8) is 0 Å². The van der Waals surface area contributed by atoms with Crippen molar-refractivity contribution in [3.05, 3.63) is 35.4 Å². The van der Waals surface area contributed by atoms with Crippen LogP contribution < -0.4 is 5.73 Å². The Labute approximate surface area is 115 Å². The standard InChI is InChI=1S/C16H25NO2/c1-15(18,10-11-19-2)16(12-17)9-5-7-13-6-3-4-8-14(13)16/h3-4,6,8,18H,5,7,9-12,17H2,1-2H3. The fourth-order valence-electron chi connectivity index (χ4n) is 3.45. The number of fused-ring (bicyclic) bond motifs is 1. The van der Waals surface area contributed by atoms with Gasteiger partial charge in [-0.05, 0) is 37.3 Å². The highest BCUT2D eigenvalue weighted by Gasteiger charge is 2.48. The summed E-state index contributed by atoms with van der Waals surface area (Å²) in [6, 6.07) is 8.39. The Balaban J connectivity index is 2.44. The number of ether oxygens (including phenoxy) is 1. The molecule has 1 aliphatic carbocycles. The van der Waals surface area contributed by atoms with Crippen molar-refractivity contribution in [1.29, 1.82) is 0 Å². The lowest BCUT2D eigenvalue weighted by Gasteiger charge is -2.48. The average molecular weight is 263 g/mol. The quantitative estimate of drug-likeness (QED) is 0.854. The Morgan fingerprint density at radius 2 is 2.16 bits per heavy atom. The van der Waals surface area contributed by atoms with Crippen LogP contribution in [0.5, 0.6) is 0 Å². The number of benzene rings is 1. The van der Waals surface area contributed by atoms with Gasteiger partial charge in [0, 0.05) is 32.1 Å². The van der Waals surface area contributed by atoms with E-state index in [-0.39, 0.29) is 5.41 Å². The first kappa shape index (κ1) is 14.5. The first-order chi connectivity index (χ1) is 9.07. The second-order valence-corrected chi connectivity index (χ2v) is 5.81. The molecule has 2 unspecified atom stereocenters. The minimum absolute atomic E-state index is 0.347. The molecule has 106 valence electrons. The molecular formula is C16H25NO2. The van der Waals surface area contributed by atoms with Crippen LogP contribution in [-0.2, 0) is 16.6 Å². The van der Waals surface area contributed by atoms with Gasteiger partial charge >= 0.3 is 0 Å². The molecule has 3 nitrogen and oxygen atoms in total. The van der Waals surface area contributed by atoms with Gasteiger partial charge < -0.3 is 15.6 Å². The molecule has 0 fully saturated rings. The molecule has 0 spiro atoms. The van der Waals surface area contributed by atoms with Crippen LogP contribution >= 0.6 is 0 Å². The lowest BCUT2D eigenvalue weighted by Crippen LogP contribution is -2.56. The summed E-state index contributed by atoms with van der Waals surface area (Å²) in [5.41, 5.74) is 7.48. The molecule has 1 aromatic rings. The van der Waals surface area contributed by atoms with E-state index in [4.69, 9.17) is 10.5 Å². The van der Waals surface area contributed by atoms with E-state index in [0.29, 0.717) is 19.6 Å². The van der Waals surface area contributed by atoms with Crippen molar-refractivity contribution in [2.45, 2.75) is 43.6 Å². The van der Waals surface area contributed by atoms with Gasteiger partial charge in [0.25, 0.3) is 0 Å². The monoisotopic (exact) mass is 263 g/mol. The summed E-state index contributed by atoms with van der Waals surface area (Å²) in [7, 11) is 1.67. The van der Waals surface area contributed by atoms with E-state index >= 15 is 0 Å². The van der Waals surface area contributed by atoms with Crippen molar-refractivity contribution in [2.24, 2.45) is 5.73 Å². The van der Waals surface area contributed by atoms with Gasteiger partial charge in [-0.15, -0.1) is 0 Å². The molecule has 0 heterocycles.